The standard InChI is InChI=1S/C8H10ClN3O2/c1-5-10-11-8(14-5)12-4-6(3-9)2-7(12)13/h6H,2-4H2,1H3. The molecular formula is C8H10ClN3O2. The topological polar surface area (TPSA) is 59.2 Å². The number of alkyl halides is 1. The van der Waals surface area contributed by atoms with Crippen molar-refractivity contribution in [2.75, 3.05) is 17.3 Å². The Morgan fingerprint density at radius 1 is 1.64 bits per heavy atom. The second kappa shape index (κ2) is 3.57. The monoisotopic (exact) mass is 215 g/mol. The molecule has 1 unspecified atom stereocenters. The van der Waals surface area contributed by atoms with Gasteiger partial charge in [-0.15, -0.1) is 16.7 Å². The van der Waals surface area contributed by atoms with Gasteiger partial charge in [-0.2, -0.15) is 0 Å². The highest BCUT2D eigenvalue weighted by atomic mass is 35.5. The summed E-state index contributed by atoms with van der Waals surface area (Å²) < 4.78 is 5.17. The van der Waals surface area contributed by atoms with Gasteiger partial charge in [0.1, 0.15) is 0 Å². The predicted molar refractivity (Wildman–Crippen MR) is 50.2 cm³/mol. The quantitative estimate of drug-likeness (QED) is 0.690. The van der Waals surface area contributed by atoms with E-state index in [0.717, 1.165) is 0 Å². The van der Waals surface area contributed by atoms with Crippen molar-refractivity contribution in [3.63, 3.8) is 0 Å². The molecule has 0 radical (unpaired) electrons. The fourth-order valence-electron chi connectivity index (χ4n) is 1.47. The molecule has 1 amide bonds. The first kappa shape index (κ1) is 9.45. The van der Waals surface area contributed by atoms with Gasteiger partial charge >= 0.3 is 6.01 Å². The summed E-state index contributed by atoms with van der Waals surface area (Å²) in [5.41, 5.74) is 0. The van der Waals surface area contributed by atoms with Gasteiger partial charge in [-0.25, -0.2) is 0 Å². The Morgan fingerprint density at radius 2 is 2.43 bits per heavy atom. The van der Waals surface area contributed by atoms with Crippen LogP contribution in [0.4, 0.5) is 6.01 Å². The van der Waals surface area contributed by atoms with Gasteiger partial charge < -0.3 is 4.42 Å². The largest absolute Gasteiger partial charge is 0.408 e. The van der Waals surface area contributed by atoms with Crippen LogP contribution in [0, 0.1) is 12.8 Å². The lowest BCUT2D eigenvalue weighted by atomic mass is 10.2. The number of anilines is 1. The molecule has 0 saturated carbocycles. The number of rotatable bonds is 2. The van der Waals surface area contributed by atoms with E-state index >= 15 is 0 Å². The molecule has 0 bridgehead atoms. The van der Waals surface area contributed by atoms with Crippen LogP contribution in [0.5, 0.6) is 0 Å². The number of amides is 1. The summed E-state index contributed by atoms with van der Waals surface area (Å²) in [6.45, 7) is 2.26. The highest BCUT2D eigenvalue weighted by Crippen LogP contribution is 2.24. The van der Waals surface area contributed by atoms with Gasteiger partial charge in [-0.3, -0.25) is 9.69 Å². The molecule has 1 fully saturated rings. The van der Waals surface area contributed by atoms with Gasteiger partial charge in [-0.05, 0) is 5.92 Å². The Balaban J connectivity index is 2.16. The maximum atomic E-state index is 11.5. The molecule has 2 rings (SSSR count). The Bertz CT molecular complexity index is 352. The van der Waals surface area contributed by atoms with E-state index in [1.807, 2.05) is 0 Å². The van der Waals surface area contributed by atoms with Gasteiger partial charge in [0, 0.05) is 25.8 Å². The average Bonchev–Trinajstić information content (AvgIpc) is 2.71. The molecule has 14 heavy (non-hydrogen) atoms. The van der Waals surface area contributed by atoms with Gasteiger partial charge in [0.2, 0.25) is 11.8 Å². The smallest absolute Gasteiger partial charge is 0.324 e. The maximum absolute atomic E-state index is 11.5. The minimum absolute atomic E-state index is 0.000648. The number of carbonyl (C=O) groups is 1. The molecule has 76 valence electrons. The van der Waals surface area contributed by atoms with Crippen LogP contribution in [-0.4, -0.2) is 28.5 Å². The molecule has 6 heteroatoms. The van der Waals surface area contributed by atoms with E-state index < -0.39 is 0 Å². The molecule has 1 aliphatic heterocycles. The normalized spacial score (nSPS) is 22.0. The summed E-state index contributed by atoms with van der Waals surface area (Å²) in [6, 6.07) is 0.278. The van der Waals surface area contributed by atoms with Crippen molar-refractivity contribution >= 4 is 23.5 Å². The lowest BCUT2D eigenvalue weighted by molar-refractivity contribution is -0.117. The Kier molecular flexibility index (Phi) is 2.41. The van der Waals surface area contributed by atoms with Crippen LogP contribution in [-0.2, 0) is 4.79 Å². The fourth-order valence-corrected chi connectivity index (χ4v) is 1.67. The summed E-state index contributed by atoms with van der Waals surface area (Å²) in [5, 5.41) is 7.47. The minimum Gasteiger partial charge on any atom is -0.408 e. The van der Waals surface area contributed by atoms with Crippen LogP contribution in [0.1, 0.15) is 12.3 Å². The first-order valence-electron chi connectivity index (χ1n) is 4.37. The second-order valence-electron chi connectivity index (χ2n) is 3.33. The van der Waals surface area contributed by atoms with Crippen molar-refractivity contribution in [2.45, 2.75) is 13.3 Å². The summed E-state index contributed by atoms with van der Waals surface area (Å²) in [6.07, 6.45) is 0.463. The van der Waals surface area contributed by atoms with Gasteiger partial charge in [-0.1, -0.05) is 5.10 Å². The number of carbonyl (C=O) groups excluding carboxylic acids is 1. The molecule has 1 atom stereocenters. The molecule has 2 heterocycles. The van der Waals surface area contributed by atoms with Crippen LogP contribution in [0.2, 0.25) is 0 Å². The molecule has 1 aromatic heterocycles. The number of aromatic nitrogens is 2. The average molecular weight is 216 g/mol. The van der Waals surface area contributed by atoms with Crippen molar-refractivity contribution in [3.05, 3.63) is 5.89 Å². The second-order valence-corrected chi connectivity index (χ2v) is 3.64. The molecule has 1 saturated heterocycles. The predicted octanol–water partition coefficient (Wildman–Crippen LogP) is 0.970. The van der Waals surface area contributed by atoms with E-state index in [1.165, 1.54) is 4.90 Å². The van der Waals surface area contributed by atoms with Crippen molar-refractivity contribution in [2.24, 2.45) is 5.92 Å². The zero-order valence-corrected chi connectivity index (χ0v) is 8.49. The highest BCUT2D eigenvalue weighted by Gasteiger charge is 2.32. The van der Waals surface area contributed by atoms with E-state index in [9.17, 15) is 4.79 Å². The van der Waals surface area contributed by atoms with Crippen LogP contribution in [0.25, 0.3) is 0 Å². The molecule has 1 aromatic rings. The van der Waals surface area contributed by atoms with Gasteiger partial charge in [0.05, 0.1) is 0 Å². The van der Waals surface area contributed by atoms with Crippen molar-refractivity contribution < 1.29 is 9.21 Å². The van der Waals surface area contributed by atoms with Crippen LogP contribution in [0.3, 0.4) is 0 Å². The molecule has 5 nitrogen and oxygen atoms in total. The third kappa shape index (κ3) is 1.59. The highest BCUT2D eigenvalue weighted by molar-refractivity contribution is 6.18. The molecule has 0 N–H and O–H groups in total. The van der Waals surface area contributed by atoms with E-state index in [-0.39, 0.29) is 17.8 Å². The Morgan fingerprint density at radius 3 is 2.93 bits per heavy atom. The van der Waals surface area contributed by atoms with Gasteiger partial charge in [0.25, 0.3) is 0 Å². The SMILES string of the molecule is Cc1nnc(N2CC(CCl)CC2=O)o1. The van der Waals surface area contributed by atoms with Crippen molar-refractivity contribution in [3.8, 4) is 0 Å². The molecule has 0 aliphatic carbocycles. The van der Waals surface area contributed by atoms with Crippen LogP contribution < -0.4 is 4.90 Å². The number of hydrogen-bond acceptors (Lipinski definition) is 4. The first-order valence-corrected chi connectivity index (χ1v) is 4.90. The van der Waals surface area contributed by atoms with Crippen LogP contribution in [0.15, 0.2) is 4.42 Å². The number of aryl methyl sites for hydroxylation is 1. The summed E-state index contributed by atoms with van der Waals surface area (Å²) >= 11 is 5.69. The molecule has 0 aromatic carbocycles. The van der Waals surface area contributed by atoms with E-state index in [1.54, 1.807) is 6.92 Å². The zero-order valence-electron chi connectivity index (χ0n) is 7.73. The van der Waals surface area contributed by atoms with E-state index in [4.69, 9.17) is 16.0 Å². The Labute approximate surface area is 86.0 Å². The summed E-state index contributed by atoms with van der Waals surface area (Å²) in [4.78, 5) is 13.0. The lowest BCUT2D eigenvalue weighted by Gasteiger charge is -2.09. The number of nitrogens with zero attached hydrogens (tertiary/aromatic N) is 3. The van der Waals surface area contributed by atoms with Crippen molar-refractivity contribution in [1.82, 2.24) is 10.2 Å². The number of halogens is 1. The Hall–Kier alpha value is -1.10. The zero-order chi connectivity index (χ0) is 10.1. The van der Waals surface area contributed by atoms with Crippen molar-refractivity contribution in [1.29, 1.82) is 0 Å². The van der Waals surface area contributed by atoms with Gasteiger partial charge in [0.15, 0.2) is 0 Å². The molecule has 0 spiro atoms. The maximum Gasteiger partial charge on any atom is 0.324 e. The fraction of sp³-hybridized carbons (Fsp3) is 0.625. The van der Waals surface area contributed by atoms with E-state index in [0.29, 0.717) is 24.7 Å². The third-order valence-electron chi connectivity index (χ3n) is 2.17. The van der Waals surface area contributed by atoms with Crippen LogP contribution >= 0.6 is 11.6 Å². The number of hydrogen-bond donors (Lipinski definition) is 0. The molecular weight excluding hydrogens is 206 g/mol. The third-order valence-corrected chi connectivity index (χ3v) is 2.61. The summed E-state index contributed by atoms with van der Waals surface area (Å²) in [7, 11) is 0. The minimum atomic E-state index is -0.000648. The summed E-state index contributed by atoms with van der Waals surface area (Å²) in [5.74, 6) is 1.13. The lowest BCUT2D eigenvalue weighted by Crippen LogP contribution is -2.24. The first-order chi connectivity index (χ1) is 6.70. The molecule has 1 aliphatic rings. The van der Waals surface area contributed by atoms with E-state index in [2.05, 4.69) is 10.2 Å².